The van der Waals surface area contributed by atoms with Crippen molar-refractivity contribution < 1.29 is 14.3 Å². The lowest BCUT2D eigenvalue weighted by atomic mass is 10.2. The zero-order valence-corrected chi connectivity index (χ0v) is 10.7. The van der Waals surface area contributed by atoms with Crippen LogP contribution in [0.25, 0.3) is 0 Å². The average molecular weight is 250 g/mol. The Balaban J connectivity index is 1.89. The number of carbonyl (C=O) groups excluding carboxylic acids is 1. The molecular weight excluding hydrogens is 232 g/mol. The summed E-state index contributed by atoms with van der Waals surface area (Å²) in [6, 6.07) is 5.21. The topological polar surface area (TPSA) is 50.8 Å². The molecule has 0 spiro atoms. The summed E-state index contributed by atoms with van der Waals surface area (Å²) in [7, 11) is 2.02. The van der Waals surface area contributed by atoms with Gasteiger partial charge in [-0.05, 0) is 31.8 Å². The SMILES string of the molecule is CCN(C)CCNC(=O)c1ccc2c(c1)OCO2. The second kappa shape index (κ2) is 5.73. The van der Waals surface area contributed by atoms with Crippen LogP contribution in [0.3, 0.4) is 0 Å². The van der Waals surface area contributed by atoms with Crippen molar-refractivity contribution in [3.8, 4) is 11.5 Å². The van der Waals surface area contributed by atoms with E-state index < -0.39 is 0 Å². The predicted octanol–water partition coefficient (Wildman–Crippen LogP) is 1.10. The lowest BCUT2D eigenvalue weighted by Crippen LogP contribution is -2.32. The Hall–Kier alpha value is -1.75. The van der Waals surface area contributed by atoms with Crippen LogP contribution in [-0.2, 0) is 0 Å². The molecule has 0 saturated heterocycles. The fourth-order valence-electron chi connectivity index (χ4n) is 1.66. The number of nitrogens with zero attached hydrogens (tertiary/aromatic N) is 1. The fourth-order valence-corrected chi connectivity index (χ4v) is 1.66. The summed E-state index contributed by atoms with van der Waals surface area (Å²) in [5.74, 6) is 1.24. The lowest BCUT2D eigenvalue weighted by Gasteiger charge is -2.14. The van der Waals surface area contributed by atoms with Crippen molar-refractivity contribution in [2.45, 2.75) is 6.92 Å². The van der Waals surface area contributed by atoms with Crippen LogP contribution < -0.4 is 14.8 Å². The van der Waals surface area contributed by atoms with Crippen molar-refractivity contribution >= 4 is 5.91 Å². The Bertz CT molecular complexity index is 434. The first-order valence-corrected chi connectivity index (χ1v) is 6.07. The van der Waals surface area contributed by atoms with Crippen molar-refractivity contribution in [3.63, 3.8) is 0 Å². The van der Waals surface area contributed by atoms with Gasteiger partial charge in [-0.25, -0.2) is 0 Å². The monoisotopic (exact) mass is 250 g/mol. The Kier molecular flexibility index (Phi) is 4.04. The Labute approximate surface area is 107 Å². The molecular formula is C13H18N2O3. The first-order chi connectivity index (χ1) is 8.70. The summed E-state index contributed by atoms with van der Waals surface area (Å²) in [6.45, 7) is 4.76. The molecule has 98 valence electrons. The number of amides is 1. The second-order valence-electron chi connectivity index (χ2n) is 4.22. The van der Waals surface area contributed by atoms with Gasteiger partial charge in [-0.15, -0.1) is 0 Å². The third-order valence-corrected chi connectivity index (χ3v) is 2.95. The molecule has 0 bridgehead atoms. The maximum atomic E-state index is 11.9. The lowest BCUT2D eigenvalue weighted by molar-refractivity contribution is 0.0949. The van der Waals surface area contributed by atoms with Crippen molar-refractivity contribution in [1.29, 1.82) is 0 Å². The van der Waals surface area contributed by atoms with E-state index in [1.807, 2.05) is 7.05 Å². The largest absolute Gasteiger partial charge is 0.454 e. The molecule has 0 radical (unpaired) electrons. The van der Waals surface area contributed by atoms with Gasteiger partial charge in [0, 0.05) is 18.7 Å². The van der Waals surface area contributed by atoms with Gasteiger partial charge in [0.25, 0.3) is 5.91 Å². The number of ether oxygens (including phenoxy) is 2. The molecule has 1 N–H and O–H groups in total. The number of likely N-dealkylation sites (N-methyl/N-ethyl adjacent to an activating group) is 1. The van der Waals surface area contributed by atoms with E-state index in [0.29, 0.717) is 23.6 Å². The van der Waals surface area contributed by atoms with Crippen LogP contribution in [0.5, 0.6) is 11.5 Å². The molecule has 0 unspecified atom stereocenters. The van der Waals surface area contributed by atoms with Gasteiger partial charge in [-0.1, -0.05) is 6.92 Å². The van der Waals surface area contributed by atoms with Gasteiger partial charge in [-0.3, -0.25) is 4.79 Å². The summed E-state index contributed by atoms with van der Waals surface area (Å²) >= 11 is 0. The third kappa shape index (κ3) is 2.92. The van der Waals surface area contributed by atoms with Gasteiger partial charge < -0.3 is 19.7 Å². The molecule has 1 amide bonds. The van der Waals surface area contributed by atoms with Crippen LogP contribution in [0.15, 0.2) is 18.2 Å². The van der Waals surface area contributed by atoms with Crippen LogP contribution in [0.2, 0.25) is 0 Å². The van der Waals surface area contributed by atoms with Gasteiger partial charge in [-0.2, -0.15) is 0 Å². The van der Waals surface area contributed by atoms with E-state index in [4.69, 9.17) is 9.47 Å². The summed E-state index contributed by atoms with van der Waals surface area (Å²) in [5, 5.41) is 2.88. The van der Waals surface area contributed by atoms with E-state index in [9.17, 15) is 4.79 Å². The molecule has 0 atom stereocenters. The zero-order valence-electron chi connectivity index (χ0n) is 10.7. The summed E-state index contributed by atoms with van der Waals surface area (Å²) in [6.07, 6.45) is 0. The molecule has 1 aliphatic heterocycles. The number of nitrogens with one attached hydrogen (secondary N) is 1. The van der Waals surface area contributed by atoms with Gasteiger partial charge in [0.05, 0.1) is 0 Å². The normalized spacial score (nSPS) is 12.8. The number of hydrogen-bond acceptors (Lipinski definition) is 4. The van der Waals surface area contributed by atoms with Gasteiger partial charge in [0.2, 0.25) is 6.79 Å². The van der Waals surface area contributed by atoms with E-state index in [-0.39, 0.29) is 12.7 Å². The van der Waals surface area contributed by atoms with Crippen molar-refractivity contribution in [1.82, 2.24) is 10.2 Å². The molecule has 0 aromatic heterocycles. The van der Waals surface area contributed by atoms with E-state index in [1.165, 1.54) is 0 Å². The highest BCUT2D eigenvalue weighted by molar-refractivity contribution is 5.94. The van der Waals surface area contributed by atoms with Crippen LogP contribution in [0.1, 0.15) is 17.3 Å². The molecule has 1 heterocycles. The molecule has 1 aliphatic rings. The number of hydrogen-bond donors (Lipinski definition) is 1. The second-order valence-corrected chi connectivity index (χ2v) is 4.22. The number of fused-ring (bicyclic) bond motifs is 1. The summed E-state index contributed by atoms with van der Waals surface area (Å²) < 4.78 is 10.4. The molecule has 2 rings (SSSR count). The molecule has 0 fully saturated rings. The first kappa shape index (κ1) is 12.7. The highest BCUT2D eigenvalue weighted by atomic mass is 16.7. The molecule has 1 aromatic carbocycles. The van der Waals surface area contributed by atoms with E-state index in [1.54, 1.807) is 18.2 Å². The molecule has 18 heavy (non-hydrogen) atoms. The van der Waals surface area contributed by atoms with Crippen LogP contribution in [-0.4, -0.2) is 44.3 Å². The van der Waals surface area contributed by atoms with Gasteiger partial charge >= 0.3 is 0 Å². The molecule has 0 aliphatic carbocycles. The maximum Gasteiger partial charge on any atom is 0.251 e. The summed E-state index contributed by atoms with van der Waals surface area (Å²) in [4.78, 5) is 14.0. The van der Waals surface area contributed by atoms with Crippen molar-refractivity contribution in [2.24, 2.45) is 0 Å². The third-order valence-electron chi connectivity index (χ3n) is 2.95. The zero-order chi connectivity index (χ0) is 13.0. The number of carbonyl (C=O) groups is 1. The Morgan fingerprint density at radius 3 is 2.94 bits per heavy atom. The molecule has 5 heteroatoms. The Morgan fingerprint density at radius 2 is 2.17 bits per heavy atom. The van der Waals surface area contributed by atoms with Crippen molar-refractivity contribution in [3.05, 3.63) is 23.8 Å². The average Bonchev–Trinajstić information content (AvgIpc) is 2.85. The van der Waals surface area contributed by atoms with Crippen molar-refractivity contribution in [2.75, 3.05) is 33.5 Å². The first-order valence-electron chi connectivity index (χ1n) is 6.07. The van der Waals surface area contributed by atoms with Crippen LogP contribution in [0, 0.1) is 0 Å². The molecule has 5 nitrogen and oxygen atoms in total. The maximum absolute atomic E-state index is 11.9. The predicted molar refractivity (Wildman–Crippen MR) is 68.1 cm³/mol. The van der Waals surface area contributed by atoms with Crippen LogP contribution in [0.4, 0.5) is 0 Å². The minimum absolute atomic E-state index is 0.0854. The van der Waals surface area contributed by atoms with Crippen LogP contribution >= 0.6 is 0 Å². The Morgan fingerprint density at radius 1 is 1.39 bits per heavy atom. The van der Waals surface area contributed by atoms with E-state index in [2.05, 4.69) is 17.1 Å². The van der Waals surface area contributed by atoms with Gasteiger partial charge in [0.15, 0.2) is 11.5 Å². The molecule has 1 aromatic rings. The minimum Gasteiger partial charge on any atom is -0.454 e. The highest BCUT2D eigenvalue weighted by Crippen LogP contribution is 2.32. The smallest absolute Gasteiger partial charge is 0.251 e. The van der Waals surface area contributed by atoms with E-state index >= 15 is 0 Å². The van der Waals surface area contributed by atoms with E-state index in [0.717, 1.165) is 13.1 Å². The molecule has 0 saturated carbocycles. The number of rotatable bonds is 5. The highest BCUT2D eigenvalue weighted by Gasteiger charge is 2.15. The summed E-state index contributed by atoms with van der Waals surface area (Å²) in [5.41, 5.74) is 0.596. The minimum atomic E-state index is -0.0854. The quantitative estimate of drug-likeness (QED) is 0.850. The number of benzene rings is 1. The van der Waals surface area contributed by atoms with Gasteiger partial charge in [0.1, 0.15) is 0 Å². The standard InChI is InChI=1S/C13H18N2O3/c1-3-15(2)7-6-14-13(16)10-4-5-11-12(8-10)18-9-17-11/h4-5,8H,3,6-7,9H2,1-2H3,(H,14,16). The fraction of sp³-hybridized carbons (Fsp3) is 0.462.